The highest BCUT2D eigenvalue weighted by Crippen LogP contribution is 2.28. The third-order valence-electron chi connectivity index (χ3n) is 4.18. The molecule has 4 rings (SSSR count). The van der Waals surface area contributed by atoms with Crippen molar-refractivity contribution < 1.29 is 4.74 Å². The van der Waals surface area contributed by atoms with Crippen LogP contribution in [-0.2, 0) is 0 Å². The van der Waals surface area contributed by atoms with Crippen molar-refractivity contribution in [2.24, 2.45) is 10.2 Å². The van der Waals surface area contributed by atoms with Crippen LogP contribution in [0.3, 0.4) is 0 Å². The number of hydrogen-bond acceptors (Lipinski definition) is 7. The molecule has 2 aromatic carbocycles. The number of ether oxygens (including phenoxy) is 1. The summed E-state index contributed by atoms with van der Waals surface area (Å²) in [5.41, 5.74) is 7.82. The fourth-order valence-electron chi connectivity index (χ4n) is 2.68. The molecule has 27 heavy (non-hydrogen) atoms. The van der Waals surface area contributed by atoms with Gasteiger partial charge in [0.05, 0.1) is 30.7 Å². The molecule has 3 aromatic rings. The van der Waals surface area contributed by atoms with Gasteiger partial charge in [0, 0.05) is 10.9 Å². The number of nitrogens with one attached hydrogen (secondary N) is 1. The predicted octanol–water partition coefficient (Wildman–Crippen LogP) is 4.48. The monoisotopic (exact) mass is 377 g/mol. The SMILES string of the molecule is COc1ccc(N/N=C2\CN(c3nc(-c4ccccc4)cs3)N=C2C)cc1. The first kappa shape index (κ1) is 17.2. The molecule has 1 N–H and O–H groups in total. The number of thiazole rings is 1. The zero-order valence-corrected chi connectivity index (χ0v) is 15.9. The van der Waals surface area contributed by atoms with Crippen molar-refractivity contribution in [2.75, 3.05) is 24.1 Å². The quantitative estimate of drug-likeness (QED) is 0.666. The molecule has 0 saturated heterocycles. The summed E-state index contributed by atoms with van der Waals surface area (Å²) < 4.78 is 5.17. The normalized spacial score (nSPS) is 15.1. The van der Waals surface area contributed by atoms with Crippen molar-refractivity contribution in [2.45, 2.75) is 6.92 Å². The summed E-state index contributed by atoms with van der Waals surface area (Å²) >= 11 is 1.58. The van der Waals surface area contributed by atoms with Gasteiger partial charge in [0.1, 0.15) is 11.5 Å². The first-order valence-electron chi connectivity index (χ1n) is 8.53. The maximum Gasteiger partial charge on any atom is 0.206 e. The average Bonchev–Trinajstić information content (AvgIpc) is 3.34. The Morgan fingerprint density at radius 1 is 1.11 bits per heavy atom. The Hall–Kier alpha value is -3.19. The Bertz CT molecular complexity index is 979. The van der Waals surface area contributed by atoms with Crippen molar-refractivity contribution in [3.8, 4) is 17.0 Å². The van der Waals surface area contributed by atoms with E-state index in [0.29, 0.717) is 6.54 Å². The molecule has 0 bridgehead atoms. The molecule has 0 fully saturated rings. The van der Waals surface area contributed by atoms with Gasteiger partial charge in [-0.1, -0.05) is 30.3 Å². The highest BCUT2D eigenvalue weighted by Gasteiger charge is 2.22. The zero-order valence-electron chi connectivity index (χ0n) is 15.1. The van der Waals surface area contributed by atoms with E-state index in [4.69, 9.17) is 9.72 Å². The van der Waals surface area contributed by atoms with Crippen LogP contribution in [0.5, 0.6) is 5.75 Å². The van der Waals surface area contributed by atoms with Crippen molar-refractivity contribution >= 4 is 33.6 Å². The van der Waals surface area contributed by atoms with E-state index in [2.05, 4.69) is 33.1 Å². The van der Waals surface area contributed by atoms with E-state index < -0.39 is 0 Å². The van der Waals surface area contributed by atoms with E-state index in [0.717, 1.165) is 39.2 Å². The second kappa shape index (κ2) is 7.59. The van der Waals surface area contributed by atoms with E-state index in [-0.39, 0.29) is 0 Å². The summed E-state index contributed by atoms with van der Waals surface area (Å²) in [5, 5.41) is 13.9. The number of methoxy groups -OCH3 is 1. The molecule has 1 aliphatic heterocycles. The molecule has 1 aromatic heterocycles. The molecule has 2 heterocycles. The fraction of sp³-hybridized carbons (Fsp3) is 0.150. The summed E-state index contributed by atoms with van der Waals surface area (Å²) in [4.78, 5) is 4.72. The zero-order chi connectivity index (χ0) is 18.6. The van der Waals surface area contributed by atoms with Crippen LogP contribution in [0.15, 0.2) is 70.2 Å². The number of rotatable bonds is 5. The van der Waals surface area contributed by atoms with Gasteiger partial charge in [0.2, 0.25) is 5.13 Å². The lowest BCUT2D eigenvalue weighted by molar-refractivity contribution is 0.415. The second-order valence-electron chi connectivity index (χ2n) is 6.02. The van der Waals surface area contributed by atoms with Crippen LogP contribution >= 0.6 is 11.3 Å². The standard InChI is InChI=1S/C20H19N5OS/c1-14-18(23-22-16-8-10-17(26-2)11-9-16)12-25(24-14)20-21-19(13-27-20)15-6-4-3-5-7-15/h3-11,13,22H,12H2,1-2H3/b23-18+. The second-order valence-corrected chi connectivity index (χ2v) is 6.86. The van der Waals surface area contributed by atoms with Gasteiger partial charge in [-0.2, -0.15) is 10.2 Å². The topological polar surface area (TPSA) is 62.1 Å². The summed E-state index contributed by atoms with van der Waals surface area (Å²) in [5.74, 6) is 0.816. The number of anilines is 2. The van der Waals surface area contributed by atoms with Gasteiger partial charge < -0.3 is 4.74 Å². The molecule has 6 nitrogen and oxygen atoms in total. The summed E-state index contributed by atoms with van der Waals surface area (Å²) in [6.45, 7) is 2.55. The minimum atomic E-state index is 0.594. The maximum absolute atomic E-state index is 5.17. The number of benzene rings is 2. The van der Waals surface area contributed by atoms with Gasteiger partial charge in [0.15, 0.2) is 0 Å². The number of hydrogen-bond donors (Lipinski definition) is 1. The highest BCUT2D eigenvalue weighted by atomic mass is 32.1. The van der Waals surface area contributed by atoms with E-state index in [1.54, 1.807) is 18.4 Å². The van der Waals surface area contributed by atoms with Crippen LogP contribution < -0.4 is 15.2 Å². The van der Waals surface area contributed by atoms with Gasteiger partial charge >= 0.3 is 0 Å². The lowest BCUT2D eigenvalue weighted by Gasteiger charge is -2.08. The van der Waals surface area contributed by atoms with E-state index >= 15 is 0 Å². The van der Waals surface area contributed by atoms with E-state index in [1.165, 1.54) is 0 Å². The third-order valence-corrected chi connectivity index (χ3v) is 5.03. The van der Waals surface area contributed by atoms with Crippen LogP contribution in [0.4, 0.5) is 10.8 Å². The molecule has 0 saturated carbocycles. The average molecular weight is 377 g/mol. The molecule has 7 heteroatoms. The Balaban J connectivity index is 1.46. The summed E-state index contributed by atoms with van der Waals surface area (Å²) in [7, 11) is 1.65. The van der Waals surface area contributed by atoms with Crippen molar-refractivity contribution in [1.82, 2.24) is 4.98 Å². The number of nitrogens with zero attached hydrogens (tertiary/aromatic N) is 4. The van der Waals surface area contributed by atoms with Crippen LogP contribution in [0, 0.1) is 0 Å². The molecule has 0 atom stereocenters. The molecule has 0 spiro atoms. The Kier molecular flexibility index (Phi) is 4.84. The van der Waals surface area contributed by atoms with Crippen molar-refractivity contribution in [3.05, 3.63) is 60.0 Å². The van der Waals surface area contributed by atoms with Crippen molar-refractivity contribution in [3.63, 3.8) is 0 Å². The van der Waals surface area contributed by atoms with E-state index in [1.807, 2.05) is 54.4 Å². The lowest BCUT2D eigenvalue weighted by Crippen LogP contribution is -2.19. The first-order valence-corrected chi connectivity index (χ1v) is 9.41. The van der Waals surface area contributed by atoms with Gasteiger partial charge in [-0.25, -0.2) is 9.99 Å². The van der Waals surface area contributed by atoms with Crippen LogP contribution in [0.2, 0.25) is 0 Å². The molecule has 136 valence electrons. The molecular formula is C20H19N5OS. The fourth-order valence-corrected chi connectivity index (χ4v) is 3.46. The highest BCUT2D eigenvalue weighted by molar-refractivity contribution is 7.14. The first-order chi connectivity index (χ1) is 13.2. The van der Waals surface area contributed by atoms with E-state index in [9.17, 15) is 0 Å². The molecule has 0 radical (unpaired) electrons. The largest absolute Gasteiger partial charge is 0.497 e. The third kappa shape index (κ3) is 3.83. The van der Waals surface area contributed by atoms with Gasteiger partial charge in [-0.05, 0) is 31.2 Å². The van der Waals surface area contributed by atoms with Gasteiger partial charge in [0.25, 0.3) is 0 Å². The Labute approximate surface area is 161 Å². The molecule has 0 amide bonds. The Morgan fingerprint density at radius 2 is 1.89 bits per heavy atom. The molecule has 0 unspecified atom stereocenters. The van der Waals surface area contributed by atoms with Crippen LogP contribution in [0.1, 0.15) is 6.92 Å². The molecule has 1 aliphatic rings. The molecular weight excluding hydrogens is 358 g/mol. The smallest absolute Gasteiger partial charge is 0.206 e. The Morgan fingerprint density at radius 3 is 2.63 bits per heavy atom. The minimum Gasteiger partial charge on any atom is -0.497 e. The number of aromatic nitrogens is 1. The maximum atomic E-state index is 5.17. The van der Waals surface area contributed by atoms with Crippen LogP contribution in [0.25, 0.3) is 11.3 Å². The van der Waals surface area contributed by atoms with Gasteiger partial charge in [-0.3, -0.25) is 5.43 Å². The van der Waals surface area contributed by atoms with Crippen LogP contribution in [-0.4, -0.2) is 30.1 Å². The lowest BCUT2D eigenvalue weighted by atomic mass is 10.2. The van der Waals surface area contributed by atoms with Crippen molar-refractivity contribution in [1.29, 1.82) is 0 Å². The number of hydrazone groups is 2. The summed E-state index contributed by atoms with van der Waals surface area (Å²) in [6.07, 6.45) is 0. The van der Waals surface area contributed by atoms with Gasteiger partial charge in [-0.15, -0.1) is 11.3 Å². The predicted molar refractivity (Wildman–Crippen MR) is 112 cm³/mol. The summed E-state index contributed by atoms with van der Waals surface area (Å²) in [6, 6.07) is 17.8. The minimum absolute atomic E-state index is 0.594. The molecule has 0 aliphatic carbocycles.